The molecule has 0 saturated carbocycles. The van der Waals surface area contributed by atoms with Gasteiger partial charge in [-0.25, -0.2) is 0 Å². The largest absolute Gasteiger partial charge is 0.508 e. The molecular weight excluding hydrogens is 400 g/mol. The van der Waals surface area contributed by atoms with Crippen LogP contribution in [0.25, 0.3) is 6.08 Å². The van der Waals surface area contributed by atoms with Crippen LogP contribution in [0.1, 0.15) is 15.9 Å². The van der Waals surface area contributed by atoms with Crippen molar-refractivity contribution in [3.05, 3.63) is 58.5 Å². The number of hydrazine groups is 1. The van der Waals surface area contributed by atoms with E-state index < -0.39 is 11.8 Å². The fourth-order valence-corrected chi connectivity index (χ4v) is 3.61. The van der Waals surface area contributed by atoms with E-state index in [4.69, 9.17) is 21.7 Å². The molecule has 144 valence electrons. The van der Waals surface area contributed by atoms with Crippen LogP contribution in [0, 0.1) is 0 Å². The Hall–Kier alpha value is -3.04. The number of carbonyl (C=O) groups is 2. The molecule has 2 amide bonds. The molecule has 0 unspecified atom stereocenters. The highest BCUT2D eigenvalue weighted by Crippen LogP contribution is 2.34. The van der Waals surface area contributed by atoms with Crippen molar-refractivity contribution in [2.75, 3.05) is 14.2 Å². The van der Waals surface area contributed by atoms with Gasteiger partial charge >= 0.3 is 0 Å². The van der Waals surface area contributed by atoms with Crippen molar-refractivity contribution < 1.29 is 24.2 Å². The number of amides is 2. The minimum Gasteiger partial charge on any atom is -0.508 e. The van der Waals surface area contributed by atoms with E-state index in [2.05, 4.69) is 5.43 Å². The number of rotatable bonds is 5. The maximum atomic E-state index is 12.7. The second-order valence-corrected chi connectivity index (χ2v) is 7.29. The number of ether oxygens (including phenoxy) is 2. The van der Waals surface area contributed by atoms with Gasteiger partial charge in [-0.2, -0.15) is 5.01 Å². The van der Waals surface area contributed by atoms with E-state index in [-0.39, 0.29) is 15.6 Å². The Morgan fingerprint density at radius 2 is 1.89 bits per heavy atom. The van der Waals surface area contributed by atoms with Gasteiger partial charge in [-0.05, 0) is 60.8 Å². The zero-order valence-electron chi connectivity index (χ0n) is 15.0. The molecule has 7 nitrogen and oxygen atoms in total. The number of nitrogens with zero attached hydrogens (tertiary/aromatic N) is 1. The molecule has 0 aliphatic carbocycles. The van der Waals surface area contributed by atoms with Crippen molar-refractivity contribution in [3.8, 4) is 17.2 Å². The van der Waals surface area contributed by atoms with Crippen molar-refractivity contribution in [1.82, 2.24) is 10.4 Å². The molecule has 0 atom stereocenters. The lowest BCUT2D eigenvalue weighted by Gasteiger charge is -2.15. The first-order valence-corrected chi connectivity index (χ1v) is 9.25. The van der Waals surface area contributed by atoms with Crippen LogP contribution < -0.4 is 14.9 Å². The Morgan fingerprint density at radius 3 is 2.54 bits per heavy atom. The number of nitrogens with one attached hydrogen (secondary N) is 1. The Labute approximate surface area is 170 Å². The number of hydrogen-bond acceptors (Lipinski definition) is 7. The molecule has 0 aromatic heterocycles. The minimum absolute atomic E-state index is 0.0392. The van der Waals surface area contributed by atoms with E-state index in [1.807, 2.05) is 0 Å². The van der Waals surface area contributed by atoms with E-state index in [9.17, 15) is 14.7 Å². The maximum absolute atomic E-state index is 12.7. The number of thioether (sulfide) groups is 1. The molecular formula is C19H16N2O5S2. The first-order valence-electron chi connectivity index (χ1n) is 8.03. The van der Waals surface area contributed by atoms with Crippen molar-refractivity contribution in [3.63, 3.8) is 0 Å². The third-order valence-corrected chi connectivity index (χ3v) is 5.16. The van der Waals surface area contributed by atoms with Gasteiger partial charge in [0.05, 0.1) is 19.1 Å². The Bertz CT molecular complexity index is 973. The normalized spacial score (nSPS) is 15.1. The quantitative estimate of drug-likeness (QED) is 0.572. The first-order chi connectivity index (χ1) is 13.4. The monoisotopic (exact) mass is 416 g/mol. The van der Waals surface area contributed by atoms with Crippen molar-refractivity contribution >= 4 is 46.2 Å². The third-order valence-electron chi connectivity index (χ3n) is 3.86. The van der Waals surface area contributed by atoms with Crippen LogP contribution in [-0.2, 0) is 4.79 Å². The number of benzene rings is 2. The number of aromatic hydroxyl groups is 1. The lowest BCUT2D eigenvalue weighted by atomic mass is 10.1. The number of thiocarbonyl (C=S) groups is 1. The van der Waals surface area contributed by atoms with Crippen LogP contribution in [-0.4, -0.2) is 40.5 Å². The number of phenolic OH excluding ortho intramolecular Hbond substituents is 1. The third kappa shape index (κ3) is 4.10. The number of phenols is 1. The zero-order chi connectivity index (χ0) is 20.3. The second-order valence-electron chi connectivity index (χ2n) is 5.61. The highest BCUT2D eigenvalue weighted by molar-refractivity contribution is 8.26. The van der Waals surface area contributed by atoms with E-state index in [0.29, 0.717) is 22.0 Å². The summed E-state index contributed by atoms with van der Waals surface area (Å²) in [4.78, 5) is 25.4. The number of hydrogen-bond donors (Lipinski definition) is 2. The van der Waals surface area contributed by atoms with Gasteiger partial charge in [0.15, 0.2) is 4.32 Å². The molecule has 1 fully saturated rings. The zero-order valence-corrected chi connectivity index (χ0v) is 16.6. The van der Waals surface area contributed by atoms with E-state index in [0.717, 1.165) is 16.8 Å². The summed E-state index contributed by atoms with van der Waals surface area (Å²) in [5.41, 5.74) is 3.41. The van der Waals surface area contributed by atoms with Gasteiger partial charge in [-0.1, -0.05) is 11.8 Å². The van der Waals surface area contributed by atoms with Gasteiger partial charge < -0.3 is 14.6 Å². The van der Waals surface area contributed by atoms with Gasteiger partial charge in [-0.15, -0.1) is 0 Å². The van der Waals surface area contributed by atoms with Crippen LogP contribution in [0.4, 0.5) is 0 Å². The summed E-state index contributed by atoms with van der Waals surface area (Å²) in [6.45, 7) is 0. The molecule has 2 aromatic rings. The van der Waals surface area contributed by atoms with Gasteiger partial charge in [0.25, 0.3) is 11.8 Å². The summed E-state index contributed by atoms with van der Waals surface area (Å²) in [7, 11) is 3.08. The van der Waals surface area contributed by atoms with Gasteiger partial charge in [-0.3, -0.25) is 15.0 Å². The predicted molar refractivity (Wildman–Crippen MR) is 110 cm³/mol. The highest BCUT2D eigenvalue weighted by Gasteiger charge is 2.34. The van der Waals surface area contributed by atoms with Gasteiger partial charge in [0.2, 0.25) is 0 Å². The first kappa shape index (κ1) is 19.7. The Kier molecular flexibility index (Phi) is 5.86. The molecule has 1 aliphatic heterocycles. The van der Waals surface area contributed by atoms with Crippen LogP contribution in [0.15, 0.2) is 47.4 Å². The predicted octanol–water partition coefficient (Wildman–Crippen LogP) is 2.96. The minimum atomic E-state index is -0.517. The second kappa shape index (κ2) is 8.32. The molecule has 3 rings (SSSR count). The SMILES string of the molecule is COc1ccc(OC)c(C=C2SC(=S)N(NC(=O)c3ccc(O)cc3)C2=O)c1. The average molecular weight is 416 g/mol. The standard InChI is InChI=1S/C19H16N2O5S2/c1-25-14-7-8-15(26-2)12(9-14)10-16-18(24)21(19(27)28-16)20-17(23)11-3-5-13(22)6-4-11/h3-10,22H,1-2H3,(H,20,23). The lowest BCUT2D eigenvalue weighted by molar-refractivity contribution is -0.123. The van der Waals surface area contributed by atoms with Crippen LogP contribution in [0.3, 0.4) is 0 Å². The average Bonchev–Trinajstić information content (AvgIpc) is 2.95. The summed E-state index contributed by atoms with van der Waals surface area (Å²) in [6, 6.07) is 10.9. The molecule has 1 heterocycles. The van der Waals surface area contributed by atoms with E-state index >= 15 is 0 Å². The Balaban J connectivity index is 1.82. The summed E-state index contributed by atoms with van der Waals surface area (Å²) >= 11 is 6.29. The maximum Gasteiger partial charge on any atom is 0.285 e. The highest BCUT2D eigenvalue weighted by atomic mass is 32.2. The molecule has 2 aromatic carbocycles. The summed E-state index contributed by atoms with van der Waals surface area (Å²) in [6.07, 6.45) is 1.63. The molecule has 2 N–H and O–H groups in total. The van der Waals surface area contributed by atoms with Crippen molar-refractivity contribution in [1.29, 1.82) is 0 Å². The molecule has 9 heteroatoms. The molecule has 1 aliphatic rings. The van der Waals surface area contributed by atoms with Crippen molar-refractivity contribution in [2.45, 2.75) is 0 Å². The smallest absolute Gasteiger partial charge is 0.285 e. The molecule has 0 bridgehead atoms. The summed E-state index contributed by atoms with van der Waals surface area (Å²) < 4.78 is 10.7. The Morgan fingerprint density at radius 1 is 1.18 bits per heavy atom. The van der Waals surface area contributed by atoms with E-state index in [1.165, 1.54) is 31.4 Å². The topological polar surface area (TPSA) is 88.1 Å². The fourth-order valence-electron chi connectivity index (χ4n) is 2.44. The molecule has 0 radical (unpaired) electrons. The van der Waals surface area contributed by atoms with Crippen LogP contribution in [0.2, 0.25) is 0 Å². The van der Waals surface area contributed by atoms with E-state index in [1.54, 1.807) is 31.4 Å². The van der Waals surface area contributed by atoms with Crippen LogP contribution in [0.5, 0.6) is 17.2 Å². The lowest BCUT2D eigenvalue weighted by Crippen LogP contribution is -2.44. The van der Waals surface area contributed by atoms with Gasteiger partial charge in [0.1, 0.15) is 17.2 Å². The number of carbonyl (C=O) groups excluding carboxylic acids is 2. The van der Waals surface area contributed by atoms with Gasteiger partial charge in [0, 0.05) is 11.1 Å². The van der Waals surface area contributed by atoms with Crippen LogP contribution >= 0.6 is 24.0 Å². The fraction of sp³-hybridized carbons (Fsp3) is 0.105. The summed E-state index contributed by atoms with van der Waals surface area (Å²) in [5.74, 6) is 0.253. The molecule has 1 saturated heterocycles. The molecule has 28 heavy (non-hydrogen) atoms. The molecule has 0 spiro atoms. The van der Waals surface area contributed by atoms with Crippen molar-refractivity contribution in [2.24, 2.45) is 0 Å². The number of methoxy groups -OCH3 is 2. The summed E-state index contributed by atoms with van der Waals surface area (Å²) in [5, 5.41) is 10.3.